The average Bonchev–Trinajstić information content (AvgIpc) is 2.49. The normalized spacial score (nSPS) is 12.4. The summed E-state index contributed by atoms with van der Waals surface area (Å²) in [5, 5.41) is 4.50. The first-order valence-electron chi connectivity index (χ1n) is 7.33. The lowest BCUT2D eigenvalue weighted by atomic mass is 10.1. The average molecular weight is 347 g/mol. The van der Waals surface area contributed by atoms with E-state index in [1.807, 2.05) is 0 Å². The van der Waals surface area contributed by atoms with Gasteiger partial charge >= 0.3 is 0 Å². The van der Waals surface area contributed by atoms with E-state index in [1.165, 1.54) is 19.2 Å². The fourth-order valence-corrected chi connectivity index (χ4v) is 3.12. The molecule has 22 heavy (non-hydrogen) atoms. The Morgan fingerprint density at radius 2 is 1.86 bits per heavy atom. The Morgan fingerprint density at radius 1 is 1.23 bits per heavy atom. The maximum Gasteiger partial charge on any atom is 0.240 e. The molecule has 0 saturated heterocycles. The Bertz CT molecular complexity index is 571. The zero-order chi connectivity index (χ0) is 16.4. The van der Waals surface area contributed by atoms with E-state index < -0.39 is 10.0 Å². The molecule has 0 aromatic heterocycles. The molecule has 0 aliphatic heterocycles. The molecule has 7 heteroatoms. The van der Waals surface area contributed by atoms with Gasteiger partial charge in [-0.2, -0.15) is 0 Å². The monoisotopic (exact) mass is 346 g/mol. The Kier molecular flexibility index (Phi) is 8.45. The molecule has 0 bridgehead atoms. The molecule has 1 rings (SSSR count). The molecule has 0 amide bonds. The molecule has 1 N–H and O–H groups in total. The van der Waals surface area contributed by atoms with Crippen LogP contribution in [0.1, 0.15) is 39.0 Å². The maximum absolute atomic E-state index is 12.1. The molecule has 5 nitrogen and oxygen atoms in total. The van der Waals surface area contributed by atoms with Gasteiger partial charge in [-0.25, -0.2) is 13.1 Å². The minimum atomic E-state index is -3.48. The van der Waals surface area contributed by atoms with E-state index in [0.29, 0.717) is 18.0 Å². The van der Waals surface area contributed by atoms with Crippen molar-refractivity contribution in [3.8, 4) is 0 Å². The smallest absolute Gasteiger partial charge is 0.240 e. The van der Waals surface area contributed by atoms with E-state index in [0.717, 1.165) is 31.4 Å². The van der Waals surface area contributed by atoms with E-state index in [-0.39, 0.29) is 4.90 Å². The van der Waals surface area contributed by atoms with Gasteiger partial charge in [0.15, 0.2) is 0 Å². The third-order valence-electron chi connectivity index (χ3n) is 3.10. The molecule has 0 aliphatic carbocycles. The number of hydrogen-bond donors (Lipinski definition) is 1. The van der Waals surface area contributed by atoms with Crippen LogP contribution in [0.2, 0.25) is 5.02 Å². The van der Waals surface area contributed by atoms with Crippen LogP contribution in [0.5, 0.6) is 0 Å². The van der Waals surface area contributed by atoms with E-state index in [2.05, 4.69) is 16.8 Å². The lowest BCUT2D eigenvalue weighted by molar-refractivity contribution is 0.211. The topological polar surface area (TPSA) is 67.8 Å². The number of benzene rings is 1. The quantitative estimate of drug-likeness (QED) is 0.400. The van der Waals surface area contributed by atoms with Crippen molar-refractivity contribution < 1.29 is 13.3 Å². The van der Waals surface area contributed by atoms with Crippen molar-refractivity contribution in [2.45, 2.75) is 43.9 Å². The molecule has 0 radical (unpaired) electrons. The summed E-state index contributed by atoms with van der Waals surface area (Å²) in [5.41, 5.74) is 0.968. The number of nitrogens with zero attached hydrogens (tertiary/aromatic N) is 1. The minimum Gasteiger partial charge on any atom is -0.399 e. The fourth-order valence-electron chi connectivity index (χ4n) is 1.92. The second-order valence-corrected chi connectivity index (χ2v) is 7.10. The lowest BCUT2D eigenvalue weighted by Crippen LogP contribution is -2.25. The van der Waals surface area contributed by atoms with Gasteiger partial charge in [-0.05, 0) is 49.9 Å². The summed E-state index contributed by atoms with van der Waals surface area (Å²) in [6.07, 6.45) is 4.43. The Morgan fingerprint density at radius 3 is 2.45 bits per heavy atom. The molecule has 1 aromatic carbocycles. The number of rotatable bonds is 10. The Hall–Kier alpha value is -1.11. The van der Waals surface area contributed by atoms with Gasteiger partial charge in [-0.15, -0.1) is 0 Å². The zero-order valence-corrected chi connectivity index (χ0v) is 14.6. The highest BCUT2D eigenvalue weighted by molar-refractivity contribution is 7.89. The molecule has 0 unspecified atom stereocenters. The largest absolute Gasteiger partial charge is 0.399 e. The first-order valence-corrected chi connectivity index (χ1v) is 9.20. The van der Waals surface area contributed by atoms with Gasteiger partial charge < -0.3 is 4.84 Å². The van der Waals surface area contributed by atoms with E-state index in [4.69, 9.17) is 16.4 Å². The predicted molar refractivity (Wildman–Crippen MR) is 89.8 cm³/mol. The van der Waals surface area contributed by atoms with Gasteiger partial charge in [-0.3, -0.25) is 0 Å². The van der Waals surface area contributed by atoms with Gasteiger partial charge in [0.25, 0.3) is 0 Å². The minimum absolute atomic E-state index is 0.216. The zero-order valence-electron chi connectivity index (χ0n) is 13.0. The highest BCUT2D eigenvalue weighted by atomic mass is 35.5. The SMILES string of the molecule is CCCC/C(CCCNS(=O)(=O)c1ccc(Cl)cc1)=N\OC. The van der Waals surface area contributed by atoms with Crippen LogP contribution in [0.25, 0.3) is 0 Å². The Labute approximate surface area is 137 Å². The van der Waals surface area contributed by atoms with Gasteiger partial charge in [0.05, 0.1) is 10.6 Å². The molecule has 0 saturated carbocycles. The van der Waals surface area contributed by atoms with Crippen LogP contribution in [-0.2, 0) is 14.9 Å². The van der Waals surface area contributed by atoms with Crippen LogP contribution in [0.15, 0.2) is 34.3 Å². The molecule has 0 fully saturated rings. The highest BCUT2D eigenvalue weighted by Crippen LogP contribution is 2.14. The molecule has 0 heterocycles. The summed E-state index contributed by atoms with van der Waals surface area (Å²) >= 11 is 5.75. The first-order chi connectivity index (χ1) is 10.5. The van der Waals surface area contributed by atoms with E-state index in [1.54, 1.807) is 12.1 Å². The summed E-state index contributed by atoms with van der Waals surface area (Å²) in [6, 6.07) is 6.10. The number of halogens is 1. The van der Waals surface area contributed by atoms with Crippen LogP contribution in [0, 0.1) is 0 Å². The number of oxime groups is 1. The van der Waals surface area contributed by atoms with Gasteiger partial charge in [0, 0.05) is 11.6 Å². The molecule has 0 aliphatic rings. The van der Waals surface area contributed by atoms with Gasteiger partial charge in [-0.1, -0.05) is 30.1 Å². The lowest BCUT2D eigenvalue weighted by Gasteiger charge is -2.08. The third kappa shape index (κ3) is 6.77. The molecular weight excluding hydrogens is 324 g/mol. The summed E-state index contributed by atoms with van der Waals surface area (Å²) in [5.74, 6) is 0. The molecule has 0 spiro atoms. The molecule has 1 aromatic rings. The van der Waals surface area contributed by atoms with Crippen molar-refractivity contribution in [1.29, 1.82) is 0 Å². The van der Waals surface area contributed by atoms with Crippen molar-refractivity contribution in [2.24, 2.45) is 5.16 Å². The van der Waals surface area contributed by atoms with Gasteiger partial charge in [0.2, 0.25) is 10.0 Å². The number of hydrogen-bond acceptors (Lipinski definition) is 4. The standard InChI is InChI=1S/C15H23ClN2O3S/c1-3-4-6-14(18-21-2)7-5-12-17-22(19,20)15-10-8-13(16)9-11-15/h8-11,17H,3-7,12H2,1-2H3/b18-14+. The summed E-state index contributed by atoms with van der Waals surface area (Å²) in [4.78, 5) is 5.03. The summed E-state index contributed by atoms with van der Waals surface area (Å²) < 4.78 is 26.7. The summed E-state index contributed by atoms with van der Waals surface area (Å²) in [7, 11) is -1.96. The molecule has 0 atom stereocenters. The maximum atomic E-state index is 12.1. The van der Waals surface area contributed by atoms with Crippen LogP contribution >= 0.6 is 11.6 Å². The van der Waals surface area contributed by atoms with Crippen LogP contribution < -0.4 is 4.72 Å². The number of sulfonamides is 1. The highest BCUT2D eigenvalue weighted by Gasteiger charge is 2.13. The van der Waals surface area contributed by atoms with Crippen LogP contribution in [-0.4, -0.2) is 27.8 Å². The summed E-state index contributed by atoms with van der Waals surface area (Å²) in [6.45, 7) is 2.48. The molecular formula is C15H23ClN2O3S. The van der Waals surface area contributed by atoms with Crippen molar-refractivity contribution in [2.75, 3.05) is 13.7 Å². The van der Waals surface area contributed by atoms with Crippen LogP contribution in [0.3, 0.4) is 0 Å². The second kappa shape index (κ2) is 9.82. The van der Waals surface area contributed by atoms with Crippen molar-refractivity contribution in [1.82, 2.24) is 4.72 Å². The number of nitrogens with one attached hydrogen (secondary N) is 1. The van der Waals surface area contributed by atoms with Crippen molar-refractivity contribution in [3.63, 3.8) is 0 Å². The van der Waals surface area contributed by atoms with Gasteiger partial charge in [0.1, 0.15) is 7.11 Å². The van der Waals surface area contributed by atoms with E-state index >= 15 is 0 Å². The Balaban J connectivity index is 2.45. The predicted octanol–water partition coefficient (Wildman–Crippen LogP) is 3.59. The van der Waals surface area contributed by atoms with Crippen LogP contribution in [0.4, 0.5) is 0 Å². The number of unbranched alkanes of at least 4 members (excludes halogenated alkanes) is 1. The molecule has 124 valence electrons. The van der Waals surface area contributed by atoms with Crippen molar-refractivity contribution >= 4 is 27.3 Å². The first kappa shape index (κ1) is 18.9. The van der Waals surface area contributed by atoms with E-state index in [9.17, 15) is 8.42 Å². The fraction of sp³-hybridized carbons (Fsp3) is 0.533. The second-order valence-electron chi connectivity index (χ2n) is 4.90. The van der Waals surface area contributed by atoms with Crippen molar-refractivity contribution in [3.05, 3.63) is 29.3 Å². The third-order valence-corrected chi connectivity index (χ3v) is 4.83.